The maximum atomic E-state index is 10.5. The van der Waals surface area contributed by atoms with Crippen molar-refractivity contribution >= 4 is 5.97 Å². The molecule has 6 nitrogen and oxygen atoms in total. The summed E-state index contributed by atoms with van der Waals surface area (Å²) in [5.41, 5.74) is 1.74. The molecule has 0 amide bonds. The van der Waals surface area contributed by atoms with Crippen LogP contribution in [-0.4, -0.2) is 33.2 Å². The monoisotopic (exact) mass is 261 g/mol. The van der Waals surface area contributed by atoms with Crippen molar-refractivity contribution in [2.24, 2.45) is 0 Å². The number of carbonyl (C=O) groups is 1. The highest BCUT2D eigenvalue weighted by molar-refractivity contribution is 5.66. The molecule has 0 unspecified atom stereocenters. The Bertz CT molecular complexity index is 566. The lowest BCUT2D eigenvalue weighted by Crippen LogP contribution is -2.00. The van der Waals surface area contributed by atoms with E-state index in [0.717, 1.165) is 11.3 Å². The van der Waals surface area contributed by atoms with Crippen LogP contribution in [0.1, 0.15) is 17.7 Å². The first-order valence-electron chi connectivity index (χ1n) is 5.91. The Hall–Kier alpha value is -2.37. The van der Waals surface area contributed by atoms with Crippen molar-refractivity contribution in [2.45, 2.75) is 19.4 Å². The van der Waals surface area contributed by atoms with Crippen LogP contribution in [0, 0.1) is 0 Å². The van der Waals surface area contributed by atoms with Gasteiger partial charge in [-0.25, -0.2) is 4.68 Å². The van der Waals surface area contributed by atoms with Gasteiger partial charge in [-0.15, -0.1) is 5.10 Å². The topological polar surface area (TPSA) is 77.2 Å². The lowest BCUT2D eigenvalue weighted by Gasteiger charge is -2.03. The third-order valence-corrected chi connectivity index (χ3v) is 2.66. The smallest absolute Gasteiger partial charge is 0.303 e. The number of carboxylic acid groups (broad SMARTS) is 1. The average Bonchev–Trinajstić information content (AvgIpc) is 2.84. The summed E-state index contributed by atoms with van der Waals surface area (Å²) in [7, 11) is 1.62. The van der Waals surface area contributed by atoms with Crippen LogP contribution in [0.25, 0.3) is 0 Å². The maximum Gasteiger partial charge on any atom is 0.303 e. The van der Waals surface area contributed by atoms with E-state index in [1.54, 1.807) is 18.0 Å². The first-order chi connectivity index (χ1) is 9.17. The third-order valence-electron chi connectivity index (χ3n) is 2.66. The molecule has 0 saturated carbocycles. The minimum absolute atomic E-state index is 0.0673. The Morgan fingerprint density at radius 1 is 1.47 bits per heavy atom. The van der Waals surface area contributed by atoms with Gasteiger partial charge in [-0.2, -0.15) is 0 Å². The standard InChI is InChI=1S/C13H15N3O3/c1-19-12-4-2-3-10(7-12)8-16-9-11(14-15-16)5-6-13(17)18/h2-4,7,9H,5-6,8H2,1H3,(H,17,18). The minimum atomic E-state index is -0.831. The number of aliphatic carboxylic acids is 1. The fourth-order valence-electron chi connectivity index (χ4n) is 1.72. The number of methoxy groups -OCH3 is 1. The van der Waals surface area contributed by atoms with Gasteiger partial charge in [-0.05, 0) is 17.7 Å². The summed E-state index contributed by atoms with van der Waals surface area (Å²) in [5, 5.41) is 16.5. The van der Waals surface area contributed by atoms with Gasteiger partial charge in [-0.3, -0.25) is 4.79 Å². The van der Waals surface area contributed by atoms with E-state index in [9.17, 15) is 4.79 Å². The van der Waals surface area contributed by atoms with Gasteiger partial charge in [0.15, 0.2) is 0 Å². The van der Waals surface area contributed by atoms with Gasteiger partial charge in [-0.1, -0.05) is 17.3 Å². The molecule has 0 aliphatic rings. The Morgan fingerprint density at radius 2 is 2.32 bits per heavy atom. The molecule has 0 aliphatic carbocycles. The van der Waals surface area contributed by atoms with Gasteiger partial charge in [0.05, 0.1) is 25.8 Å². The number of benzene rings is 1. The van der Waals surface area contributed by atoms with Gasteiger partial charge in [0.2, 0.25) is 0 Å². The SMILES string of the molecule is COc1cccc(Cn2cc(CCC(=O)O)nn2)c1. The van der Waals surface area contributed by atoms with Crippen LogP contribution in [0.2, 0.25) is 0 Å². The lowest BCUT2D eigenvalue weighted by molar-refractivity contribution is -0.136. The Kier molecular flexibility index (Phi) is 4.12. The fraction of sp³-hybridized carbons (Fsp3) is 0.308. The van der Waals surface area contributed by atoms with Gasteiger partial charge in [0, 0.05) is 12.6 Å². The molecule has 2 rings (SSSR count). The first kappa shape index (κ1) is 13.1. The van der Waals surface area contributed by atoms with Crippen LogP contribution in [0.3, 0.4) is 0 Å². The molecule has 0 aliphatic heterocycles. The summed E-state index contributed by atoms with van der Waals surface area (Å²) in [5.74, 6) is -0.0361. The van der Waals surface area contributed by atoms with E-state index in [-0.39, 0.29) is 6.42 Å². The molecule has 0 saturated heterocycles. The Labute approximate surface area is 110 Å². The van der Waals surface area contributed by atoms with E-state index in [1.807, 2.05) is 24.3 Å². The molecule has 0 spiro atoms. The Balaban J connectivity index is 2.00. The van der Waals surface area contributed by atoms with Crippen molar-refractivity contribution in [2.75, 3.05) is 7.11 Å². The van der Waals surface area contributed by atoms with Crippen molar-refractivity contribution in [3.63, 3.8) is 0 Å². The molecule has 1 N–H and O–H groups in total. The molecule has 1 aromatic heterocycles. The third kappa shape index (κ3) is 3.80. The van der Waals surface area contributed by atoms with E-state index in [1.165, 1.54) is 0 Å². The average molecular weight is 261 g/mol. The molecule has 0 fully saturated rings. The predicted molar refractivity (Wildman–Crippen MR) is 68.1 cm³/mol. The highest BCUT2D eigenvalue weighted by Crippen LogP contribution is 2.13. The number of rotatable bonds is 6. The second-order valence-corrected chi connectivity index (χ2v) is 4.15. The van der Waals surface area contributed by atoms with Crippen LogP contribution in [0.15, 0.2) is 30.5 Å². The fourth-order valence-corrected chi connectivity index (χ4v) is 1.72. The van der Waals surface area contributed by atoms with E-state index in [0.29, 0.717) is 18.7 Å². The normalized spacial score (nSPS) is 10.4. The number of ether oxygens (including phenoxy) is 1. The molecule has 0 bridgehead atoms. The van der Waals surface area contributed by atoms with Crippen molar-refractivity contribution in [3.05, 3.63) is 41.7 Å². The molecular formula is C13H15N3O3. The maximum absolute atomic E-state index is 10.5. The second kappa shape index (κ2) is 5.99. The first-order valence-corrected chi connectivity index (χ1v) is 5.91. The number of carboxylic acids is 1. The highest BCUT2D eigenvalue weighted by atomic mass is 16.5. The van der Waals surface area contributed by atoms with Gasteiger partial charge in [0.25, 0.3) is 0 Å². The quantitative estimate of drug-likeness (QED) is 0.849. The lowest BCUT2D eigenvalue weighted by atomic mass is 10.2. The van der Waals surface area contributed by atoms with E-state index >= 15 is 0 Å². The summed E-state index contributed by atoms with van der Waals surface area (Å²) in [6.45, 7) is 0.581. The summed E-state index contributed by atoms with van der Waals surface area (Å²) < 4.78 is 6.84. The zero-order valence-electron chi connectivity index (χ0n) is 10.6. The van der Waals surface area contributed by atoms with Crippen molar-refractivity contribution < 1.29 is 14.6 Å². The molecular weight excluding hydrogens is 246 g/mol. The van der Waals surface area contributed by atoms with Gasteiger partial charge >= 0.3 is 5.97 Å². The zero-order valence-corrected chi connectivity index (χ0v) is 10.6. The highest BCUT2D eigenvalue weighted by Gasteiger charge is 2.05. The van der Waals surface area contributed by atoms with Gasteiger partial charge < -0.3 is 9.84 Å². The predicted octanol–water partition coefficient (Wildman–Crippen LogP) is 1.35. The summed E-state index contributed by atoms with van der Waals surface area (Å²) >= 11 is 0. The van der Waals surface area contributed by atoms with Crippen molar-refractivity contribution in [3.8, 4) is 5.75 Å². The van der Waals surface area contributed by atoms with Crippen LogP contribution in [0.4, 0.5) is 0 Å². The van der Waals surface area contributed by atoms with E-state index < -0.39 is 5.97 Å². The molecule has 1 aromatic carbocycles. The van der Waals surface area contributed by atoms with Crippen molar-refractivity contribution in [1.29, 1.82) is 0 Å². The largest absolute Gasteiger partial charge is 0.497 e. The van der Waals surface area contributed by atoms with Gasteiger partial charge in [0.1, 0.15) is 5.75 Å². The number of aryl methyl sites for hydroxylation is 1. The zero-order chi connectivity index (χ0) is 13.7. The summed E-state index contributed by atoms with van der Waals surface area (Å²) in [6.07, 6.45) is 2.23. The van der Waals surface area contributed by atoms with E-state index in [4.69, 9.17) is 9.84 Å². The molecule has 6 heteroatoms. The molecule has 1 heterocycles. The Morgan fingerprint density at radius 3 is 3.05 bits per heavy atom. The molecule has 19 heavy (non-hydrogen) atoms. The molecule has 2 aromatic rings. The van der Waals surface area contributed by atoms with E-state index in [2.05, 4.69) is 10.3 Å². The minimum Gasteiger partial charge on any atom is -0.497 e. The molecule has 0 radical (unpaired) electrons. The van der Waals surface area contributed by atoms with Crippen LogP contribution in [0.5, 0.6) is 5.75 Å². The van der Waals surface area contributed by atoms with Crippen LogP contribution < -0.4 is 4.74 Å². The van der Waals surface area contributed by atoms with Crippen LogP contribution in [-0.2, 0) is 17.8 Å². The molecule has 0 atom stereocenters. The number of nitrogens with zero attached hydrogens (tertiary/aromatic N) is 3. The van der Waals surface area contributed by atoms with Crippen molar-refractivity contribution in [1.82, 2.24) is 15.0 Å². The second-order valence-electron chi connectivity index (χ2n) is 4.15. The number of aromatic nitrogens is 3. The number of hydrogen-bond donors (Lipinski definition) is 1. The summed E-state index contributed by atoms with van der Waals surface area (Å²) in [6, 6.07) is 7.69. The number of hydrogen-bond acceptors (Lipinski definition) is 4. The summed E-state index contributed by atoms with van der Waals surface area (Å²) in [4.78, 5) is 10.5. The molecule has 100 valence electrons. The van der Waals surface area contributed by atoms with Crippen LogP contribution >= 0.6 is 0 Å².